The summed E-state index contributed by atoms with van der Waals surface area (Å²) >= 11 is 6.36. The van der Waals surface area contributed by atoms with Crippen LogP contribution in [-0.4, -0.2) is 27.6 Å². The first kappa shape index (κ1) is 26.2. The minimum absolute atomic E-state index is 0.0159. The zero-order valence-electron chi connectivity index (χ0n) is 19.8. The molecule has 11 heteroatoms. The first-order valence-corrected chi connectivity index (χ1v) is 12.7. The number of hydrogen-bond donors (Lipinski definition) is 1. The van der Waals surface area contributed by atoms with Crippen LogP contribution in [0.15, 0.2) is 83.9 Å². The number of para-hydroxylation sites is 1. The summed E-state index contributed by atoms with van der Waals surface area (Å²) in [4.78, 5) is 3.25. The number of rotatable bonds is 9. The second-order valence-electron chi connectivity index (χ2n) is 7.78. The second-order valence-corrected chi connectivity index (χ2v) is 10.0. The third-order valence-electron chi connectivity index (χ3n) is 5.42. The maximum absolute atomic E-state index is 15.3. The number of pyridine rings is 1. The number of nitrogens with zero attached hydrogens (tertiary/aromatic N) is 2. The predicted molar refractivity (Wildman–Crippen MR) is 138 cm³/mol. The smallest absolute Gasteiger partial charge is 0.268 e. The van der Waals surface area contributed by atoms with Crippen LogP contribution in [0.5, 0.6) is 11.5 Å². The van der Waals surface area contributed by atoms with Gasteiger partial charge in [0.2, 0.25) is 0 Å². The maximum atomic E-state index is 15.3. The maximum Gasteiger partial charge on any atom is 0.268 e. The summed E-state index contributed by atoms with van der Waals surface area (Å²) in [7, 11) is -1.67. The predicted octanol–water partition coefficient (Wildman–Crippen LogP) is 6.17. The Morgan fingerprint density at radius 2 is 1.73 bits per heavy atom. The van der Waals surface area contributed by atoms with Crippen molar-refractivity contribution >= 4 is 38.8 Å². The monoisotopic (exact) mass is 545 g/mol. The van der Waals surface area contributed by atoms with E-state index in [9.17, 15) is 12.8 Å². The quantitative estimate of drug-likeness (QED) is 0.271. The number of aromatic nitrogens is 1. The van der Waals surface area contributed by atoms with E-state index in [0.29, 0.717) is 22.7 Å². The van der Waals surface area contributed by atoms with Gasteiger partial charge < -0.3 is 14.8 Å². The summed E-state index contributed by atoms with van der Waals surface area (Å²) in [6, 6.07) is 18.0. The van der Waals surface area contributed by atoms with Gasteiger partial charge in [0, 0.05) is 23.4 Å². The van der Waals surface area contributed by atoms with Gasteiger partial charge in [0.05, 0.1) is 37.7 Å². The molecule has 0 aliphatic heterocycles. The third-order valence-corrected chi connectivity index (χ3v) is 7.50. The van der Waals surface area contributed by atoms with Crippen LogP contribution in [0.2, 0.25) is 5.02 Å². The van der Waals surface area contributed by atoms with Crippen molar-refractivity contribution in [2.24, 2.45) is 0 Å². The lowest BCUT2D eigenvalue weighted by Gasteiger charge is -2.25. The molecule has 0 unspecified atom stereocenters. The number of nitrogens with one attached hydrogen (secondary N) is 1. The van der Waals surface area contributed by atoms with E-state index in [1.54, 1.807) is 42.5 Å². The van der Waals surface area contributed by atoms with Gasteiger partial charge in [-0.3, -0.25) is 0 Å². The normalized spacial score (nSPS) is 11.2. The molecule has 0 aliphatic carbocycles. The highest BCUT2D eigenvalue weighted by molar-refractivity contribution is 7.92. The zero-order chi connectivity index (χ0) is 26.6. The molecule has 0 bridgehead atoms. The molecule has 0 atom stereocenters. The fraction of sp³-hybridized carbons (Fsp3) is 0.115. The zero-order valence-corrected chi connectivity index (χ0v) is 21.4. The minimum atomic E-state index is -4.57. The molecule has 192 valence electrons. The number of sulfonamides is 1. The molecule has 1 aromatic heterocycles. The Bertz CT molecular complexity index is 1500. The lowest BCUT2D eigenvalue weighted by Crippen LogP contribution is -2.32. The molecular weight excluding hydrogens is 524 g/mol. The molecule has 0 fully saturated rings. The molecule has 3 aromatic carbocycles. The first-order chi connectivity index (χ1) is 17.7. The van der Waals surface area contributed by atoms with Gasteiger partial charge in [-0.1, -0.05) is 29.8 Å². The average molecular weight is 546 g/mol. The number of anilines is 3. The fourth-order valence-corrected chi connectivity index (χ4v) is 5.31. The van der Waals surface area contributed by atoms with Gasteiger partial charge in [-0.05, 0) is 42.5 Å². The van der Waals surface area contributed by atoms with Gasteiger partial charge in [0.25, 0.3) is 10.0 Å². The van der Waals surface area contributed by atoms with Crippen LogP contribution in [0.25, 0.3) is 0 Å². The van der Waals surface area contributed by atoms with Crippen molar-refractivity contribution in [3.63, 3.8) is 0 Å². The van der Waals surface area contributed by atoms with Gasteiger partial charge in [-0.15, -0.1) is 0 Å². The van der Waals surface area contributed by atoms with Gasteiger partial charge in [0.1, 0.15) is 33.8 Å². The van der Waals surface area contributed by atoms with Crippen LogP contribution in [0.1, 0.15) is 5.56 Å². The summed E-state index contributed by atoms with van der Waals surface area (Å²) in [6.07, 6.45) is 0.874. The molecule has 0 radical (unpaired) electrons. The SMILES string of the molecule is COc1ccc(CN(c2ccc(F)cn2)S(=O)(=O)c2cc(Cl)c(Nc3ccccc3)cc2F)c(OC)c1. The van der Waals surface area contributed by atoms with Crippen LogP contribution < -0.4 is 19.1 Å². The van der Waals surface area contributed by atoms with E-state index >= 15 is 4.39 Å². The van der Waals surface area contributed by atoms with Gasteiger partial charge >= 0.3 is 0 Å². The highest BCUT2D eigenvalue weighted by atomic mass is 35.5. The Kier molecular flexibility index (Phi) is 7.80. The number of benzene rings is 3. The molecule has 1 N–H and O–H groups in total. The van der Waals surface area contributed by atoms with E-state index in [4.69, 9.17) is 21.1 Å². The van der Waals surface area contributed by atoms with Crippen molar-refractivity contribution in [2.45, 2.75) is 11.4 Å². The molecule has 7 nitrogen and oxygen atoms in total. The van der Waals surface area contributed by atoms with Gasteiger partial charge in [-0.2, -0.15) is 0 Å². The van der Waals surface area contributed by atoms with Crippen molar-refractivity contribution < 1.29 is 26.7 Å². The first-order valence-electron chi connectivity index (χ1n) is 10.9. The second kappa shape index (κ2) is 11.0. The molecule has 1 heterocycles. The van der Waals surface area contributed by atoms with Crippen molar-refractivity contribution in [1.82, 2.24) is 4.98 Å². The van der Waals surface area contributed by atoms with Crippen LogP contribution in [-0.2, 0) is 16.6 Å². The Morgan fingerprint density at radius 1 is 0.973 bits per heavy atom. The van der Waals surface area contributed by atoms with Crippen molar-refractivity contribution in [3.05, 3.63) is 101 Å². The van der Waals surface area contributed by atoms with E-state index in [2.05, 4.69) is 10.3 Å². The van der Waals surface area contributed by atoms with E-state index in [1.165, 1.54) is 20.3 Å². The van der Waals surface area contributed by atoms with E-state index in [1.807, 2.05) is 6.07 Å². The van der Waals surface area contributed by atoms with Gasteiger partial charge in [0.15, 0.2) is 0 Å². The highest BCUT2D eigenvalue weighted by Gasteiger charge is 2.31. The van der Waals surface area contributed by atoms with E-state index in [-0.39, 0.29) is 23.1 Å². The summed E-state index contributed by atoms with van der Waals surface area (Å²) in [5.41, 5.74) is 1.27. The molecule has 4 aromatic rings. The van der Waals surface area contributed by atoms with Crippen LogP contribution in [0.4, 0.5) is 26.0 Å². The molecule has 0 aliphatic rings. The van der Waals surface area contributed by atoms with Gasteiger partial charge in [-0.25, -0.2) is 26.5 Å². The summed E-state index contributed by atoms with van der Waals surface area (Å²) in [5.74, 6) is -0.983. The molecule has 37 heavy (non-hydrogen) atoms. The molecular formula is C26H22ClF2N3O4S. The fourth-order valence-electron chi connectivity index (χ4n) is 3.56. The molecule has 0 saturated heterocycles. The number of ether oxygens (including phenoxy) is 2. The van der Waals surface area contributed by atoms with Crippen LogP contribution in [0, 0.1) is 11.6 Å². The number of hydrogen-bond acceptors (Lipinski definition) is 6. The van der Waals surface area contributed by atoms with Crippen molar-refractivity contribution in [3.8, 4) is 11.5 Å². The van der Waals surface area contributed by atoms with Crippen LogP contribution >= 0.6 is 11.6 Å². The summed E-state index contributed by atoms with van der Waals surface area (Å²) in [6.45, 7) is -0.296. The third kappa shape index (κ3) is 5.76. The Morgan fingerprint density at radius 3 is 2.38 bits per heavy atom. The standard InChI is InChI=1S/C26H22ClF2N3O4S/c1-35-20-10-8-17(24(12-20)36-2)16-32(26-11-9-18(28)15-30-26)37(33,34)25-13-21(27)23(14-22(25)29)31-19-6-4-3-5-7-19/h3-15,31H,16H2,1-2H3. The van der Waals surface area contributed by atoms with E-state index in [0.717, 1.165) is 28.7 Å². The van der Waals surface area contributed by atoms with Crippen LogP contribution in [0.3, 0.4) is 0 Å². The molecule has 0 saturated carbocycles. The number of halogens is 3. The van der Waals surface area contributed by atoms with Crippen molar-refractivity contribution in [1.29, 1.82) is 0 Å². The largest absolute Gasteiger partial charge is 0.497 e. The van der Waals surface area contributed by atoms with E-state index < -0.39 is 26.6 Å². The lowest BCUT2D eigenvalue weighted by molar-refractivity contribution is 0.391. The molecule has 0 spiro atoms. The minimum Gasteiger partial charge on any atom is -0.497 e. The Hall–Kier alpha value is -3.89. The van der Waals surface area contributed by atoms with Crippen molar-refractivity contribution in [2.75, 3.05) is 23.8 Å². The Labute approximate surface area is 218 Å². The lowest BCUT2D eigenvalue weighted by atomic mass is 10.2. The topological polar surface area (TPSA) is 80.8 Å². The average Bonchev–Trinajstić information content (AvgIpc) is 2.90. The summed E-state index contributed by atoms with van der Waals surface area (Å²) in [5, 5.41) is 2.95. The summed E-state index contributed by atoms with van der Waals surface area (Å²) < 4.78 is 68.0. The Balaban J connectivity index is 1.78. The highest BCUT2D eigenvalue weighted by Crippen LogP contribution is 2.35. The number of methoxy groups -OCH3 is 2. The molecule has 0 amide bonds. The molecule has 4 rings (SSSR count).